The zero-order valence-electron chi connectivity index (χ0n) is 14.0. The Morgan fingerprint density at radius 1 is 1.25 bits per heavy atom. The second-order valence-electron chi connectivity index (χ2n) is 5.95. The van der Waals surface area contributed by atoms with Crippen LogP contribution < -0.4 is 4.74 Å². The van der Waals surface area contributed by atoms with Crippen LogP contribution in [0, 0.1) is 5.92 Å². The number of aromatic nitrogens is 1. The third kappa shape index (κ3) is 3.94. The lowest BCUT2D eigenvalue weighted by molar-refractivity contribution is -0.147. The molecule has 6 heteroatoms. The number of esters is 1. The molecule has 0 N–H and O–H groups in total. The summed E-state index contributed by atoms with van der Waals surface area (Å²) in [7, 11) is 3.13. The number of likely N-dealkylation sites (tertiary alicyclic amines) is 1. The van der Waals surface area contributed by atoms with Crippen molar-refractivity contribution < 1.29 is 14.3 Å². The molecule has 0 saturated carbocycles. The van der Waals surface area contributed by atoms with Crippen LogP contribution in [0.5, 0.6) is 5.75 Å². The minimum atomic E-state index is -0.0786. The Hall–Kier alpha value is -1.92. The molecule has 2 heterocycles. The molecule has 1 saturated heterocycles. The topological polar surface area (TPSA) is 51.7 Å². The Kier molecular flexibility index (Phi) is 5.48. The highest BCUT2D eigenvalue weighted by atomic mass is 32.1. The number of piperidine rings is 1. The first-order valence-corrected chi connectivity index (χ1v) is 8.96. The molecule has 2 aromatic rings. The molecule has 1 aliphatic heterocycles. The van der Waals surface area contributed by atoms with Gasteiger partial charge in [-0.2, -0.15) is 0 Å². The Morgan fingerprint density at radius 2 is 1.96 bits per heavy atom. The van der Waals surface area contributed by atoms with Gasteiger partial charge in [0.15, 0.2) is 0 Å². The van der Waals surface area contributed by atoms with E-state index in [0.29, 0.717) is 0 Å². The highest BCUT2D eigenvalue weighted by Crippen LogP contribution is 2.27. The molecule has 24 heavy (non-hydrogen) atoms. The van der Waals surface area contributed by atoms with E-state index in [1.54, 1.807) is 18.4 Å². The third-order valence-electron chi connectivity index (χ3n) is 4.40. The quantitative estimate of drug-likeness (QED) is 0.778. The van der Waals surface area contributed by atoms with Gasteiger partial charge in [0.05, 0.1) is 25.8 Å². The molecule has 0 amide bonds. The SMILES string of the molecule is COC(=O)C1CCN(Cc2csc(-c3ccc(OC)cc3)n2)CC1. The standard InChI is InChI=1S/C18H22N2O3S/c1-22-16-5-3-13(4-6-16)17-19-15(12-24-17)11-20-9-7-14(8-10-20)18(21)23-2/h3-6,12,14H,7-11H2,1-2H3. The molecule has 3 rings (SSSR count). The number of methoxy groups -OCH3 is 2. The van der Waals surface area contributed by atoms with E-state index in [1.807, 2.05) is 24.3 Å². The van der Waals surface area contributed by atoms with E-state index in [1.165, 1.54) is 7.11 Å². The summed E-state index contributed by atoms with van der Waals surface area (Å²) in [5, 5.41) is 3.14. The number of hydrogen-bond acceptors (Lipinski definition) is 6. The first-order valence-electron chi connectivity index (χ1n) is 8.08. The van der Waals surface area contributed by atoms with Gasteiger partial charge in [-0.25, -0.2) is 4.98 Å². The highest BCUT2D eigenvalue weighted by molar-refractivity contribution is 7.13. The van der Waals surface area contributed by atoms with Crippen LogP contribution in [0.4, 0.5) is 0 Å². The summed E-state index contributed by atoms with van der Waals surface area (Å²) in [5.74, 6) is 0.825. The van der Waals surface area contributed by atoms with Crippen LogP contribution >= 0.6 is 11.3 Å². The van der Waals surface area contributed by atoms with Crippen LogP contribution in [-0.2, 0) is 16.1 Å². The lowest BCUT2D eigenvalue weighted by atomic mass is 9.97. The normalized spacial score (nSPS) is 16.1. The zero-order chi connectivity index (χ0) is 16.9. The van der Waals surface area contributed by atoms with Crippen LogP contribution in [0.15, 0.2) is 29.6 Å². The number of thiazole rings is 1. The van der Waals surface area contributed by atoms with Crippen molar-refractivity contribution in [2.45, 2.75) is 19.4 Å². The Balaban J connectivity index is 1.57. The Morgan fingerprint density at radius 3 is 2.58 bits per heavy atom. The monoisotopic (exact) mass is 346 g/mol. The van der Waals surface area contributed by atoms with E-state index in [0.717, 1.165) is 54.5 Å². The first kappa shape index (κ1) is 16.9. The fraction of sp³-hybridized carbons (Fsp3) is 0.444. The van der Waals surface area contributed by atoms with Gasteiger partial charge in [-0.15, -0.1) is 11.3 Å². The third-order valence-corrected chi connectivity index (χ3v) is 5.34. The predicted octanol–water partition coefficient (Wildman–Crippen LogP) is 3.20. The fourth-order valence-electron chi connectivity index (χ4n) is 2.97. The summed E-state index contributed by atoms with van der Waals surface area (Å²) in [6.45, 7) is 2.66. The second kappa shape index (κ2) is 7.77. The largest absolute Gasteiger partial charge is 0.497 e. The van der Waals surface area contributed by atoms with Crippen LogP contribution in [0.1, 0.15) is 18.5 Å². The molecule has 0 atom stereocenters. The molecule has 1 fully saturated rings. The lowest BCUT2D eigenvalue weighted by Crippen LogP contribution is -2.36. The van der Waals surface area contributed by atoms with Gasteiger partial charge < -0.3 is 9.47 Å². The molecule has 0 unspecified atom stereocenters. The maximum Gasteiger partial charge on any atom is 0.308 e. The number of ether oxygens (including phenoxy) is 2. The maximum absolute atomic E-state index is 11.6. The van der Waals surface area contributed by atoms with E-state index in [9.17, 15) is 4.79 Å². The van der Waals surface area contributed by atoms with Crippen molar-refractivity contribution in [1.29, 1.82) is 0 Å². The van der Waals surface area contributed by atoms with E-state index in [2.05, 4.69) is 10.3 Å². The molecule has 0 radical (unpaired) electrons. The van der Waals surface area contributed by atoms with Gasteiger partial charge in [-0.3, -0.25) is 9.69 Å². The Labute approximate surface area is 146 Å². The summed E-state index contributed by atoms with van der Waals surface area (Å²) in [5.41, 5.74) is 2.19. The maximum atomic E-state index is 11.6. The van der Waals surface area contributed by atoms with Crippen LogP contribution in [0.25, 0.3) is 10.6 Å². The number of nitrogens with zero attached hydrogens (tertiary/aromatic N) is 2. The van der Waals surface area contributed by atoms with Gasteiger partial charge in [-0.05, 0) is 50.2 Å². The molecular weight excluding hydrogens is 324 g/mol. The van der Waals surface area contributed by atoms with Crippen LogP contribution in [0.3, 0.4) is 0 Å². The summed E-state index contributed by atoms with van der Waals surface area (Å²) < 4.78 is 10.0. The highest BCUT2D eigenvalue weighted by Gasteiger charge is 2.25. The van der Waals surface area contributed by atoms with Gasteiger partial charge in [0, 0.05) is 17.5 Å². The average Bonchev–Trinajstić information content (AvgIpc) is 3.10. The van der Waals surface area contributed by atoms with Crippen molar-refractivity contribution in [3.63, 3.8) is 0 Å². The van der Waals surface area contributed by atoms with E-state index in [4.69, 9.17) is 14.5 Å². The van der Waals surface area contributed by atoms with Gasteiger partial charge in [0.25, 0.3) is 0 Å². The summed E-state index contributed by atoms with van der Waals surface area (Å²) in [6.07, 6.45) is 1.73. The van der Waals surface area contributed by atoms with Gasteiger partial charge in [0.2, 0.25) is 0 Å². The summed E-state index contributed by atoms with van der Waals surface area (Å²) in [4.78, 5) is 18.7. The summed E-state index contributed by atoms with van der Waals surface area (Å²) in [6, 6.07) is 7.97. The number of benzene rings is 1. The number of carbonyl (C=O) groups excluding carboxylic acids is 1. The second-order valence-corrected chi connectivity index (χ2v) is 6.80. The number of hydrogen-bond donors (Lipinski definition) is 0. The van der Waals surface area contributed by atoms with Crippen LogP contribution in [-0.4, -0.2) is 43.2 Å². The van der Waals surface area contributed by atoms with Crippen LogP contribution in [0.2, 0.25) is 0 Å². The van der Waals surface area contributed by atoms with Gasteiger partial charge in [0.1, 0.15) is 10.8 Å². The molecule has 1 aromatic carbocycles. The zero-order valence-corrected chi connectivity index (χ0v) is 14.8. The summed E-state index contributed by atoms with van der Waals surface area (Å²) >= 11 is 1.66. The van der Waals surface area contributed by atoms with Crippen molar-refractivity contribution in [2.24, 2.45) is 5.92 Å². The van der Waals surface area contributed by atoms with E-state index < -0.39 is 0 Å². The molecule has 5 nitrogen and oxygen atoms in total. The van der Waals surface area contributed by atoms with Crippen molar-refractivity contribution >= 4 is 17.3 Å². The molecule has 0 aliphatic carbocycles. The molecule has 128 valence electrons. The minimum absolute atomic E-state index is 0.0524. The number of carbonyl (C=O) groups is 1. The smallest absolute Gasteiger partial charge is 0.308 e. The van der Waals surface area contributed by atoms with Gasteiger partial charge in [-0.1, -0.05) is 0 Å². The average molecular weight is 346 g/mol. The minimum Gasteiger partial charge on any atom is -0.497 e. The first-order chi connectivity index (χ1) is 11.7. The van der Waals surface area contributed by atoms with Gasteiger partial charge >= 0.3 is 5.97 Å². The Bertz CT molecular complexity index is 676. The predicted molar refractivity (Wildman–Crippen MR) is 94.1 cm³/mol. The van der Waals surface area contributed by atoms with E-state index >= 15 is 0 Å². The van der Waals surface area contributed by atoms with Crippen molar-refractivity contribution in [2.75, 3.05) is 27.3 Å². The molecule has 1 aliphatic rings. The molecule has 0 spiro atoms. The van der Waals surface area contributed by atoms with Crippen molar-refractivity contribution in [3.8, 4) is 16.3 Å². The molecule has 0 bridgehead atoms. The molecule has 1 aromatic heterocycles. The van der Waals surface area contributed by atoms with E-state index in [-0.39, 0.29) is 11.9 Å². The molecular formula is C18H22N2O3S. The van der Waals surface area contributed by atoms with Crippen molar-refractivity contribution in [3.05, 3.63) is 35.3 Å². The fourth-order valence-corrected chi connectivity index (χ4v) is 3.79. The lowest BCUT2D eigenvalue weighted by Gasteiger charge is -2.29. The number of rotatable bonds is 5. The van der Waals surface area contributed by atoms with Crippen molar-refractivity contribution in [1.82, 2.24) is 9.88 Å².